The lowest BCUT2D eigenvalue weighted by Crippen LogP contribution is -2.20. The maximum Gasteiger partial charge on any atom is 0.129 e. The summed E-state index contributed by atoms with van der Waals surface area (Å²) in [4.78, 5) is 0. The van der Waals surface area contributed by atoms with Crippen molar-refractivity contribution in [2.45, 2.75) is 37.7 Å². The van der Waals surface area contributed by atoms with E-state index < -0.39 is 11.6 Å². The third-order valence-corrected chi connectivity index (χ3v) is 3.30. The Hall–Kier alpha value is -0.960. The Bertz CT molecular complexity index is 378. The lowest BCUT2D eigenvalue weighted by atomic mass is 9.80. The highest BCUT2D eigenvalue weighted by molar-refractivity contribution is 5.28. The lowest BCUT2D eigenvalue weighted by molar-refractivity contribution is 0.175. The standard InChI is InChI=1S/C12H14F2O/c1-12(5-4-9(15)7-12)10-3-2-8(13)6-11(10)14/h2-3,6,9,15H,4-5,7H2,1H3. The quantitative estimate of drug-likeness (QED) is 0.759. The highest BCUT2D eigenvalue weighted by Crippen LogP contribution is 2.41. The Morgan fingerprint density at radius 1 is 1.40 bits per heavy atom. The van der Waals surface area contributed by atoms with Crippen molar-refractivity contribution in [1.29, 1.82) is 0 Å². The van der Waals surface area contributed by atoms with E-state index in [-0.39, 0.29) is 11.5 Å². The third kappa shape index (κ3) is 1.88. The molecule has 0 bridgehead atoms. The van der Waals surface area contributed by atoms with Gasteiger partial charge in [-0.2, -0.15) is 0 Å². The van der Waals surface area contributed by atoms with Crippen LogP contribution in [0.5, 0.6) is 0 Å². The predicted molar refractivity (Wildman–Crippen MR) is 53.6 cm³/mol. The van der Waals surface area contributed by atoms with E-state index in [9.17, 15) is 13.9 Å². The van der Waals surface area contributed by atoms with E-state index in [1.807, 2.05) is 6.92 Å². The molecule has 0 heterocycles. The van der Waals surface area contributed by atoms with Crippen LogP contribution >= 0.6 is 0 Å². The Balaban J connectivity index is 2.37. The van der Waals surface area contributed by atoms with Gasteiger partial charge < -0.3 is 5.11 Å². The molecule has 0 spiro atoms. The molecule has 1 fully saturated rings. The highest BCUT2D eigenvalue weighted by Gasteiger charge is 2.37. The van der Waals surface area contributed by atoms with Crippen LogP contribution in [0.4, 0.5) is 8.78 Å². The monoisotopic (exact) mass is 212 g/mol. The van der Waals surface area contributed by atoms with E-state index in [1.165, 1.54) is 12.1 Å². The minimum Gasteiger partial charge on any atom is -0.393 e. The van der Waals surface area contributed by atoms with E-state index in [0.29, 0.717) is 18.4 Å². The second-order valence-corrected chi connectivity index (χ2v) is 4.58. The molecule has 1 saturated carbocycles. The van der Waals surface area contributed by atoms with Gasteiger partial charge in [0.05, 0.1) is 6.10 Å². The smallest absolute Gasteiger partial charge is 0.129 e. The zero-order chi connectivity index (χ0) is 11.1. The number of hydrogen-bond acceptors (Lipinski definition) is 1. The molecule has 1 N–H and O–H groups in total. The number of rotatable bonds is 1. The van der Waals surface area contributed by atoms with Gasteiger partial charge in [-0.1, -0.05) is 13.0 Å². The number of hydrogen-bond donors (Lipinski definition) is 1. The summed E-state index contributed by atoms with van der Waals surface area (Å²) in [5.74, 6) is -1.06. The first kappa shape index (κ1) is 10.6. The fourth-order valence-electron chi connectivity index (χ4n) is 2.43. The van der Waals surface area contributed by atoms with Crippen LogP contribution in [0.15, 0.2) is 18.2 Å². The van der Waals surface area contributed by atoms with Gasteiger partial charge in [-0.25, -0.2) is 8.78 Å². The first-order valence-electron chi connectivity index (χ1n) is 5.15. The minimum atomic E-state index is -0.557. The van der Waals surface area contributed by atoms with Crippen LogP contribution in [0, 0.1) is 11.6 Å². The molecule has 82 valence electrons. The molecule has 0 aromatic heterocycles. The molecule has 0 saturated heterocycles. The van der Waals surface area contributed by atoms with E-state index in [0.717, 1.165) is 12.5 Å². The SMILES string of the molecule is CC1(c2ccc(F)cc2F)CCC(O)C1. The molecule has 2 unspecified atom stereocenters. The van der Waals surface area contributed by atoms with Crippen molar-refractivity contribution >= 4 is 0 Å². The topological polar surface area (TPSA) is 20.2 Å². The van der Waals surface area contributed by atoms with Crippen LogP contribution in [0.3, 0.4) is 0 Å². The Kier molecular flexibility index (Phi) is 2.51. The van der Waals surface area contributed by atoms with E-state index in [4.69, 9.17) is 0 Å². The summed E-state index contributed by atoms with van der Waals surface area (Å²) in [5, 5.41) is 9.48. The van der Waals surface area contributed by atoms with Crippen LogP contribution < -0.4 is 0 Å². The summed E-state index contributed by atoms with van der Waals surface area (Å²) in [6, 6.07) is 3.67. The van der Waals surface area contributed by atoms with Crippen LogP contribution in [0.25, 0.3) is 0 Å². The molecular weight excluding hydrogens is 198 g/mol. The first-order valence-corrected chi connectivity index (χ1v) is 5.15. The van der Waals surface area contributed by atoms with Crippen molar-refractivity contribution in [2.24, 2.45) is 0 Å². The fourth-order valence-corrected chi connectivity index (χ4v) is 2.43. The summed E-state index contributed by atoms with van der Waals surface area (Å²) in [7, 11) is 0. The van der Waals surface area contributed by atoms with Gasteiger partial charge in [-0.3, -0.25) is 0 Å². The molecular formula is C12H14F2O. The lowest BCUT2D eigenvalue weighted by Gasteiger charge is -2.24. The molecule has 0 aliphatic heterocycles. The maximum absolute atomic E-state index is 13.6. The Morgan fingerprint density at radius 3 is 2.67 bits per heavy atom. The zero-order valence-corrected chi connectivity index (χ0v) is 8.63. The van der Waals surface area contributed by atoms with Crippen LogP contribution in [-0.2, 0) is 5.41 Å². The van der Waals surface area contributed by atoms with Crippen molar-refractivity contribution in [2.75, 3.05) is 0 Å². The van der Waals surface area contributed by atoms with Crippen LogP contribution in [-0.4, -0.2) is 11.2 Å². The van der Waals surface area contributed by atoms with Gasteiger partial charge in [-0.15, -0.1) is 0 Å². The van der Waals surface area contributed by atoms with Crippen molar-refractivity contribution in [3.05, 3.63) is 35.4 Å². The molecule has 15 heavy (non-hydrogen) atoms. The summed E-state index contributed by atoms with van der Waals surface area (Å²) < 4.78 is 26.3. The maximum atomic E-state index is 13.6. The molecule has 1 nitrogen and oxygen atoms in total. The van der Waals surface area contributed by atoms with E-state index in [2.05, 4.69) is 0 Å². The van der Waals surface area contributed by atoms with Gasteiger partial charge in [0.25, 0.3) is 0 Å². The number of benzene rings is 1. The molecule has 0 radical (unpaired) electrons. The Labute approximate surface area is 87.7 Å². The van der Waals surface area contributed by atoms with Gasteiger partial charge in [0, 0.05) is 6.07 Å². The summed E-state index contributed by atoms with van der Waals surface area (Å²) in [6.07, 6.45) is 1.62. The van der Waals surface area contributed by atoms with E-state index >= 15 is 0 Å². The molecule has 2 atom stereocenters. The predicted octanol–water partition coefficient (Wildman–Crippen LogP) is 2.77. The van der Waals surface area contributed by atoms with Crippen LogP contribution in [0.1, 0.15) is 31.7 Å². The van der Waals surface area contributed by atoms with Gasteiger partial charge in [0.15, 0.2) is 0 Å². The molecule has 1 aromatic rings. The van der Waals surface area contributed by atoms with Crippen molar-refractivity contribution in [1.82, 2.24) is 0 Å². The molecule has 3 heteroatoms. The minimum absolute atomic E-state index is 0.350. The highest BCUT2D eigenvalue weighted by atomic mass is 19.1. The number of aliphatic hydroxyl groups is 1. The average Bonchev–Trinajstić information content (AvgIpc) is 2.46. The molecule has 1 aromatic carbocycles. The normalized spacial score (nSPS) is 30.8. The number of halogens is 2. The third-order valence-electron chi connectivity index (χ3n) is 3.30. The van der Waals surface area contributed by atoms with Gasteiger partial charge >= 0.3 is 0 Å². The van der Waals surface area contributed by atoms with E-state index in [1.54, 1.807) is 0 Å². The fraction of sp³-hybridized carbons (Fsp3) is 0.500. The molecule has 1 aliphatic carbocycles. The number of aliphatic hydroxyl groups excluding tert-OH is 1. The summed E-state index contributed by atoms with van der Waals surface area (Å²) >= 11 is 0. The van der Waals surface area contributed by atoms with Gasteiger partial charge in [0.2, 0.25) is 0 Å². The van der Waals surface area contributed by atoms with Crippen molar-refractivity contribution in [3.63, 3.8) is 0 Å². The van der Waals surface area contributed by atoms with Crippen LogP contribution in [0.2, 0.25) is 0 Å². The summed E-state index contributed by atoms with van der Waals surface area (Å²) in [5.41, 5.74) is 0.164. The second kappa shape index (κ2) is 3.56. The first-order chi connectivity index (χ1) is 7.01. The molecule has 0 amide bonds. The van der Waals surface area contributed by atoms with Gasteiger partial charge in [-0.05, 0) is 36.3 Å². The summed E-state index contributed by atoms with van der Waals surface area (Å²) in [6.45, 7) is 1.92. The largest absolute Gasteiger partial charge is 0.393 e. The average molecular weight is 212 g/mol. The van der Waals surface area contributed by atoms with Crippen molar-refractivity contribution in [3.8, 4) is 0 Å². The molecule has 2 rings (SSSR count). The van der Waals surface area contributed by atoms with Gasteiger partial charge in [0.1, 0.15) is 11.6 Å². The molecule has 1 aliphatic rings. The Morgan fingerprint density at radius 2 is 2.13 bits per heavy atom. The zero-order valence-electron chi connectivity index (χ0n) is 8.63. The van der Waals surface area contributed by atoms with Crippen molar-refractivity contribution < 1.29 is 13.9 Å². The second-order valence-electron chi connectivity index (χ2n) is 4.58.